The van der Waals surface area contributed by atoms with Crippen LogP contribution in [0.1, 0.15) is 44.9 Å². The Bertz CT molecular complexity index is 440. The van der Waals surface area contributed by atoms with Gasteiger partial charge in [-0.05, 0) is 19.3 Å². The van der Waals surface area contributed by atoms with Crippen LogP contribution in [0.2, 0.25) is 0 Å². The van der Waals surface area contributed by atoms with Crippen LogP contribution in [0.25, 0.3) is 0 Å². The third-order valence-electron chi connectivity index (χ3n) is 3.41. The second-order valence-corrected chi connectivity index (χ2v) is 5.23. The minimum atomic E-state index is -0.478. The highest BCUT2D eigenvalue weighted by Gasteiger charge is 2.24. The standard InChI is InChI=1S/C12H21N5O/c1-7(2)10(13)12(18)14-8(3)11-16-15-9-5-4-6-17(9)11/h7-8,10H,4-6,13H2,1-3H3,(H,14,18)/t8?,10-/m0/s1. The molecule has 1 unspecified atom stereocenters. The zero-order valence-corrected chi connectivity index (χ0v) is 11.2. The van der Waals surface area contributed by atoms with Crippen LogP contribution in [0.4, 0.5) is 0 Å². The summed E-state index contributed by atoms with van der Waals surface area (Å²) >= 11 is 0. The Labute approximate surface area is 107 Å². The Balaban J connectivity index is 2.04. The summed E-state index contributed by atoms with van der Waals surface area (Å²) in [6.45, 7) is 6.72. The van der Waals surface area contributed by atoms with E-state index in [0.29, 0.717) is 0 Å². The van der Waals surface area contributed by atoms with Gasteiger partial charge in [0.1, 0.15) is 5.82 Å². The molecule has 0 spiro atoms. The highest BCUT2D eigenvalue weighted by atomic mass is 16.2. The van der Waals surface area contributed by atoms with Crippen molar-refractivity contribution < 1.29 is 4.79 Å². The maximum absolute atomic E-state index is 11.9. The van der Waals surface area contributed by atoms with Crippen molar-refractivity contribution in [2.45, 2.75) is 52.2 Å². The number of carbonyl (C=O) groups is 1. The van der Waals surface area contributed by atoms with Crippen LogP contribution in [0.3, 0.4) is 0 Å². The molecule has 1 aliphatic rings. The molecule has 1 aromatic rings. The second kappa shape index (κ2) is 5.06. The average molecular weight is 251 g/mol. The van der Waals surface area contributed by atoms with Gasteiger partial charge in [-0.15, -0.1) is 10.2 Å². The van der Waals surface area contributed by atoms with Gasteiger partial charge in [-0.3, -0.25) is 4.79 Å². The average Bonchev–Trinajstić information content (AvgIpc) is 2.88. The summed E-state index contributed by atoms with van der Waals surface area (Å²) in [7, 11) is 0. The van der Waals surface area contributed by atoms with E-state index >= 15 is 0 Å². The number of nitrogens with one attached hydrogen (secondary N) is 1. The minimum Gasteiger partial charge on any atom is -0.345 e. The van der Waals surface area contributed by atoms with E-state index in [1.54, 1.807) is 0 Å². The Morgan fingerprint density at radius 2 is 2.11 bits per heavy atom. The number of aromatic nitrogens is 3. The number of nitrogens with zero attached hydrogens (tertiary/aromatic N) is 3. The Hall–Kier alpha value is -1.43. The largest absolute Gasteiger partial charge is 0.345 e. The number of carbonyl (C=O) groups excluding carboxylic acids is 1. The van der Waals surface area contributed by atoms with Crippen molar-refractivity contribution in [2.24, 2.45) is 11.7 Å². The predicted octanol–water partition coefficient (Wildman–Crippen LogP) is 0.385. The van der Waals surface area contributed by atoms with E-state index in [9.17, 15) is 4.79 Å². The van der Waals surface area contributed by atoms with Crippen LogP contribution in [-0.2, 0) is 17.8 Å². The molecule has 0 saturated carbocycles. The van der Waals surface area contributed by atoms with E-state index < -0.39 is 6.04 Å². The molecule has 100 valence electrons. The zero-order chi connectivity index (χ0) is 13.3. The quantitative estimate of drug-likeness (QED) is 0.810. The first-order valence-corrected chi connectivity index (χ1v) is 6.48. The predicted molar refractivity (Wildman–Crippen MR) is 67.7 cm³/mol. The van der Waals surface area contributed by atoms with Gasteiger partial charge < -0.3 is 15.6 Å². The summed E-state index contributed by atoms with van der Waals surface area (Å²) in [5.41, 5.74) is 5.82. The molecule has 0 aliphatic carbocycles. The number of nitrogens with two attached hydrogens (primary N) is 1. The summed E-state index contributed by atoms with van der Waals surface area (Å²) in [6.07, 6.45) is 2.07. The molecule has 0 bridgehead atoms. The van der Waals surface area contributed by atoms with Gasteiger partial charge in [0.15, 0.2) is 5.82 Å². The molecule has 2 atom stereocenters. The fourth-order valence-electron chi connectivity index (χ4n) is 2.17. The normalized spacial score (nSPS) is 17.6. The highest BCUT2D eigenvalue weighted by Crippen LogP contribution is 2.19. The second-order valence-electron chi connectivity index (χ2n) is 5.23. The third-order valence-corrected chi connectivity index (χ3v) is 3.41. The van der Waals surface area contributed by atoms with E-state index in [1.807, 2.05) is 20.8 Å². The maximum atomic E-state index is 11.9. The first kappa shape index (κ1) is 13.0. The van der Waals surface area contributed by atoms with Crippen LogP contribution >= 0.6 is 0 Å². The van der Waals surface area contributed by atoms with Gasteiger partial charge in [-0.25, -0.2) is 0 Å². The van der Waals surface area contributed by atoms with Crippen molar-refractivity contribution >= 4 is 5.91 Å². The van der Waals surface area contributed by atoms with Crippen molar-refractivity contribution in [3.8, 4) is 0 Å². The van der Waals surface area contributed by atoms with E-state index in [0.717, 1.165) is 31.0 Å². The molecule has 6 nitrogen and oxygen atoms in total. The van der Waals surface area contributed by atoms with Crippen LogP contribution in [0.5, 0.6) is 0 Å². The van der Waals surface area contributed by atoms with Crippen molar-refractivity contribution in [2.75, 3.05) is 0 Å². The lowest BCUT2D eigenvalue weighted by Gasteiger charge is -2.19. The van der Waals surface area contributed by atoms with Gasteiger partial charge in [0.2, 0.25) is 5.91 Å². The molecule has 0 saturated heterocycles. The fraction of sp³-hybridized carbons (Fsp3) is 0.750. The van der Waals surface area contributed by atoms with E-state index in [-0.39, 0.29) is 17.9 Å². The number of rotatable bonds is 4. The summed E-state index contributed by atoms with van der Waals surface area (Å²) in [5.74, 6) is 1.83. The van der Waals surface area contributed by atoms with Crippen LogP contribution in [-0.4, -0.2) is 26.7 Å². The Kier molecular flexibility index (Phi) is 3.65. The summed E-state index contributed by atoms with van der Waals surface area (Å²) in [4.78, 5) is 11.9. The summed E-state index contributed by atoms with van der Waals surface area (Å²) in [6, 6.07) is -0.630. The number of hydrogen-bond donors (Lipinski definition) is 2. The van der Waals surface area contributed by atoms with Crippen molar-refractivity contribution in [1.82, 2.24) is 20.1 Å². The van der Waals surface area contributed by atoms with Gasteiger partial charge in [0.25, 0.3) is 0 Å². The lowest BCUT2D eigenvalue weighted by atomic mass is 10.0. The van der Waals surface area contributed by atoms with Crippen molar-refractivity contribution in [3.05, 3.63) is 11.6 Å². The molecule has 0 aromatic carbocycles. The topological polar surface area (TPSA) is 85.8 Å². The molecule has 0 radical (unpaired) electrons. The van der Waals surface area contributed by atoms with Crippen molar-refractivity contribution in [1.29, 1.82) is 0 Å². The van der Waals surface area contributed by atoms with Gasteiger partial charge >= 0.3 is 0 Å². The molecule has 1 amide bonds. The molecule has 2 rings (SSSR count). The van der Waals surface area contributed by atoms with Gasteiger partial charge in [-0.1, -0.05) is 13.8 Å². The Morgan fingerprint density at radius 3 is 2.78 bits per heavy atom. The molecular formula is C12H21N5O. The molecule has 2 heterocycles. The third kappa shape index (κ3) is 2.38. The first-order valence-electron chi connectivity index (χ1n) is 6.48. The SMILES string of the molecule is CC(NC(=O)[C@@H](N)C(C)C)c1nnc2n1CCC2. The van der Waals surface area contributed by atoms with E-state index in [4.69, 9.17) is 5.73 Å². The molecule has 1 aromatic heterocycles. The number of aryl methyl sites for hydroxylation is 1. The van der Waals surface area contributed by atoms with Gasteiger partial charge in [0, 0.05) is 13.0 Å². The number of fused-ring (bicyclic) bond motifs is 1. The lowest BCUT2D eigenvalue weighted by Crippen LogP contribution is -2.45. The molecule has 3 N–H and O–H groups in total. The molecule has 0 fully saturated rings. The number of amides is 1. The molecular weight excluding hydrogens is 230 g/mol. The molecule has 6 heteroatoms. The van der Waals surface area contributed by atoms with Gasteiger partial charge in [0.05, 0.1) is 12.1 Å². The first-order chi connectivity index (χ1) is 8.50. The molecule has 18 heavy (non-hydrogen) atoms. The summed E-state index contributed by atoms with van der Waals surface area (Å²) in [5, 5.41) is 11.2. The maximum Gasteiger partial charge on any atom is 0.237 e. The zero-order valence-electron chi connectivity index (χ0n) is 11.2. The van der Waals surface area contributed by atoms with Crippen LogP contribution < -0.4 is 11.1 Å². The fourth-order valence-corrected chi connectivity index (χ4v) is 2.17. The monoisotopic (exact) mass is 251 g/mol. The van der Waals surface area contributed by atoms with E-state index in [2.05, 4.69) is 20.1 Å². The van der Waals surface area contributed by atoms with Gasteiger partial charge in [-0.2, -0.15) is 0 Å². The smallest absolute Gasteiger partial charge is 0.237 e. The van der Waals surface area contributed by atoms with Crippen molar-refractivity contribution in [3.63, 3.8) is 0 Å². The van der Waals surface area contributed by atoms with E-state index in [1.165, 1.54) is 0 Å². The highest BCUT2D eigenvalue weighted by molar-refractivity contribution is 5.82. The Morgan fingerprint density at radius 1 is 1.39 bits per heavy atom. The summed E-state index contributed by atoms with van der Waals surface area (Å²) < 4.78 is 2.09. The lowest BCUT2D eigenvalue weighted by molar-refractivity contribution is -0.123. The van der Waals surface area contributed by atoms with Crippen LogP contribution in [0.15, 0.2) is 0 Å². The molecule has 1 aliphatic heterocycles. The number of hydrogen-bond acceptors (Lipinski definition) is 4. The minimum absolute atomic E-state index is 0.126. The van der Waals surface area contributed by atoms with Crippen LogP contribution in [0, 0.1) is 5.92 Å².